The molecule has 0 saturated heterocycles. The van der Waals surface area contributed by atoms with Gasteiger partial charge >= 0.3 is 0 Å². The summed E-state index contributed by atoms with van der Waals surface area (Å²) in [7, 11) is 4.38. The highest BCUT2D eigenvalue weighted by molar-refractivity contribution is 7.99. The second-order valence-electron chi connectivity index (χ2n) is 6.72. The molecule has 1 heterocycles. The fourth-order valence-electron chi connectivity index (χ4n) is 2.94. The Hall–Kier alpha value is -1.49. The number of anilines is 2. The number of aliphatic hydroxyl groups excluding tert-OH is 1. The van der Waals surface area contributed by atoms with E-state index < -0.39 is 0 Å². The van der Waals surface area contributed by atoms with E-state index >= 15 is 0 Å². The summed E-state index contributed by atoms with van der Waals surface area (Å²) >= 11 is 1.84. The van der Waals surface area contributed by atoms with Crippen molar-refractivity contribution in [1.82, 2.24) is 0 Å². The Morgan fingerprint density at radius 3 is 2.04 bits per heavy atom. The van der Waals surface area contributed by atoms with E-state index in [1.165, 1.54) is 21.2 Å². The molecule has 1 aliphatic heterocycles. The van der Waals surface area contributed by atoms with E-state index in [0.29, 0.717) is 6.04 Å². The molecule has 0 aromatic heterocycles. The highest BCUT2D eigenvalue weighted by Gasteiger charge is 2.30. The van der Waals surface area contributed by atoms with Crippen LogP contribution in [0.1, 0.15) is 6.92 Å². The number of fused-ring (bicyclic) bond motifs is 2. The molecule has 0 radical (unpaired) electrons. The Labute approximate surface area is 143 Å². The lowest BCUT2D eigenvalue weighted by Crippen LogP contribution is -2.53. The van der Waals surface area contributed by atoms with Gasteiger partial charge in [0.25, 0.3) is 0 Å². The van der Waals surface area contributed by atoms with Crippen molar-refractivity contribution in [3.63, 3.8) is 0 Å². The van der Waals surface area contributed by atoms with Gasteiger partial charge in [-0.2, -0.15) is 0 Å². The van der Waals surface area contributed by atoms with Gasteiger partial charge in [-0.25, -0.2) is 0 Å². The van der Waals surface area contributed by atoms with Crippen molar-refractivity contribution in [1.29, 1.82) is 0 Å². The first-order valence-corrected chi connectivity index (χ1v) is 8.91. The smallest absolute Gasteiger partial charge is 0.104 e. The van der Waals surface area contributed by atoms with Crippen molar-refractivity contribution in [2.75, 3.05) is 38.7 Å². The minimum Gasteiger partial charge on any atom is -0.391 e. The van der Waals surface area contributed by atoms with Crippen LogP contribution in [0.15, 0.2) is 58.3 Å². The van der Waals surface area contributed by atoms with E-state index in [1.54, 1.807) is 0 Å². The molecule has 2 aromatic carbocycles. The van der Waals surface area contributed by atoms with Gasteiger partial charge in [0, 0.05) is 9.79 Å². The third-order valence-electron chi connectivity index (χ3n) is 4.85. The van der Waals surface area contributed by atoms with Crippen LogP contribution in [0, 0.1) is 0 Å². The largest absolute Gasteiger partial charge is 0.391 e. The minimum atomic E-state index is 0.223. The number of aliphatic hydroxyl groups is 1. The Morgan fingerprint density at radius 1 is 1.00 bits per heavy atom. The maximum Gasteiger partial charge on any atom is 0.104 e. The van der Waals surface area contributed by atoms with Crippen LogP contribution in [0.25, 0.3) is 0 Å². The second-order valence-corrected chi connectivity index (χ2v) is 7.81. The summed E-state index contributed by atoms with van der Waals surface area (Å²) in [5.41, 5.74) is 2.57. The zero-order chi connectivity index (χ0) is 16.4. The third-order valence-corrected chi connectivity index (χ3v) is 5.98. The molecule has 0 amide bonds. The van der Waals surface area contributed by atoms with E-state index in [1.807, 2.05) is 11.8 Å². The van der Waals surface area contributed by atoms with Gasteiger partial charge in [-0.15, -0.1) is 0 Å². The monoisotopic (exact) mass is 329 g/mol. The Kier molecular flexibility index (Phi) is 4.67. The van der Waals surface area contributed by atoms with Crippen molar-refractivity contribution in [3.05, 3.63) is 48.5 Å². The zero-order valence-electron chi connectivity index (χ0n) is 14.1. The first-order valence-electron chi connectivity index (χ1n) is 8.10. The lowest BCUT2D eigenvalue weighted by molar-refractivity contribution is -0.911. The van der Waals surface area contributed by atoms with Crippen LogP contribution in [-0.2, 0) is 0 Å². The van der Waals surface area contributed by atoms with E-state index in [-0.39, 0.29) is 6.61 Å². The molecule has 0 spiro atoms. The Morgan fingerprint density at radius 2 is 1.52 bits per heavy atom. The van der Waals surface area contributed by atoms with Crippen molar-refractivity contribution in [3.8, 4) is 0 Å². The fraction of sp³-hybridized carbons (Fsp3) is 0.368. The molecular formula is C19H25N2OS+. The molecule has 0 saturated carbocycles. The average Bonchev–Trinajstić information content (AvgIpc) is 2.54. The van der Waals surface area contributed by atoms with Crippen molar-refractivity contribution in [2.45, 2.75) is 22.8 Å². The van der Waals surface area contributed by atoms with Crippen LogP contribution < -0.4 is 4.90 Å². The topological polar surface area (TPSA) is 23.5 Å². The molecule has 4 heteroatoms. The Bertz CT molecular complexity index is 641. The van der Waals surface area contributed by atoms with Crippen LogP contribution >= 0.6 is 11.8 Å². The summed E-state index contributed by atoms with van der Waals surface area (Å²) in [5, 5.41) is 9.34. The summed E-state index contributed by atoms with van der Waals surface area (Å²) in [6, 6.07) is 17.6. The van der Waals surface area contributed by atoms with Crippen LogP contribution in [-0.4, -0.2) is 49.4 Å². The van der Waals surface area contributed by atoms with Gasteiger partial charge in [0.2, 0.25) is 0 Å². The highest BCUT2D eigenvalue weighted by atomic mass is 32.2. The number of nitrogens with zero attached hydrogens (tertiary/aromatic N) is 2. The van der Waals surface area contributed by atoms with Gasteiger partial charge in [-0.3, -0.25) is 0 Å². The average molecular weight is 329 g/mol. The molecule has 2 aromatic rings. The molecule has 1 aliphatic rings. The maximum absolute atomic E-state index is 9.34. The van der Waals surface area contributed by atoms with Gasteiger partial charge in [0.15, 0.2) is 0 Å². The number of benzene rings is 2. The predicted molar refractivity (Wildman–Crippen MR) is 97.5 cm³/mol. The van der Waals surface area contributed by atoms with Crippen LogP contribution in [0.5, 0.6) is 0 Å². The standard InChI is InChI=1S/C19H25N2OS/c1-15(21(2,3)12-13-22)14-20-16-8-4-6-10-18(16)23-19-11-7-5-9-17(19)20/h4-11,15,22H,12-14H2,1-3H3/q+1. The van der Waals surface area contributed by atoms with E-state index in [0.717, 1.165) is 17.6 Å². The lowest BCUT2D eigenvalue weighted by atomic mass is 10.1. The summed E-state index contributed by atoms with van der Waals surface area (Å²) in [6.45, 7) is 4.19. The van der Waals surface area contributed by atoms with E-state index in [4.69, 9.17) is 0 Å². The SMILES string of the molecule is CC(CN1c2ccccc2Sc2ccccc21)[N+](C)(C)CCO. The molecule has 3 nitrogen and oxygen atoms in total. The molecule has 23 heavy (non-hydrogen) atoms. The number of rotatable bonds is 5. The summed E-state index contributed by atoms with van der Waals surface area (Å²) < 4.78 is 0.810. The molecule has 1 atom stereocenters. The fourth-order valence-corrected chi connectivity index (χ4v) is 4.04. The van der Waals surface area contributed by atoms with Gasteiger partial charge in [0.1, 0.15) is 12.6 Å². The van der Waals surface area contributed by atoms with Crippen molar-refractivity contribution in [2.24, 2.45) is 0 Å². The van der Waals surface area contributed by atoms with Crippen LogP contribution in [0.2, 0.25) is 0 Å². The first-order chi connectivity index (χ1) is 11.0. The highest BCUT2D eigenvalue weighted by Crippen LogP contribution is 2.47. The summed E-state index contributed by atoms with van der Waals surface area (Å²) in [5.74, 6) is 0. The van der Waals surface area contributed by atoms with Gasteiger partial charge in [-0.1, -0.05) is 36.0 Å². The molecule has 1 unspecified atom stereocenters. The van der Waals surface area contributed by atoms with Gasteiger partial charge in [0.05, 0.1) is 38.6 Å². The molecule has 122 valence electrons. The van der Waals surface area contributed by atoms with Gasteiger partial charge < -0.3 is 14.5 Å². The number of hydrogen-bond donors (Lipinski definition) is 1. The number of hydrogen-bond acceptors (Lipinski definition) is 3. The molecular weight excluding hydrogens is 304 g/mol. The third kappa shape index (κ3) is 3.25. The minimum absolute atomic E-state index is 0.223. The first kappa shape index (κ1) is 16.4. The zero-order valence-corrected chi connectivity index (χ0v) is 14.9. The molecule has 0 bridgehead atoms. The number of likely N-dealkylation sites (N-methyl/N-ethyl adjacent to an activating group) is 1. The normalized spacial score (nSPS) is 15.0. The van der Waals surface area contributed by atoms with E-state index in [2.05, 4.69) is 74.4 Å². The van der Waals surface area contributed by atoms with E-state index in [9.17, 15) is 5.11 Å². The van der Waals surface area contributed by atoms with Crippen molar-refractivity contribution >= 4 is 23.1 Å². The second kappa shape index (κ2) is 6.56. The lowest BCUT2D eigenvalue weighted by Gasteiger charge is -2.40. The number of quaternary nitrogens is 1. The molecule has 1 N–H and O–H groups in total. The number of para-hydroxylation sites is 2. The Balaban J connectivity index is 1.95. The molecule has 0 fully saturated rings. The van der Waals surface area contributed by atoms with Gasteiger partial charge in [-0.05, 0) is 31.2 Å². The van der Waals surface area contributed by atoms with Crippen LogP contribution in [0.3, 0.4) is 0 Å². The van der Waals surface area contributed by atoms with Crippen molar-refractivity contribution < 1.29 is 9.59 Å². The summed E-state index contributed by atoms with van der Waals surface area (Å²) in [4.78, 5) is 5.06. The van der Waals surface area contributed by atoms with Crippen LogP contribution in [0.4, 0.5) is 11.4 Å². The summed E-state index contributed by atoms with van der Waals surface area (Å²) in [6.07, 6.45) is 0. The maximum atomic E-state index is 9.34. The quantitative estimate of drug-likeness (QED) is 0.845. The molecule has 0 aliphatic carbocycles. The predicted octanol–water partition coefficient (Wildman–Crippen LogP) is 3.75. The molecule has 3 rings (SSSR count).